The van der Waals surface area contributed by atoms with Crippen molar-refractivity contribution in [2.45, 2.75) is 44.7 Å². The van der Waals surface area contributed by atoms with E-state index >= 15 is 0 Å². The summed E-state index contributed by atoms with van der Waals surface area (Å²) in [7, 11) is 0. The zero-order valence-corrected chi connectivity index (χ0v) is 10.6. The van der Waals surface area contributed by atoms with Crippen LogP contribution in [0.5, 0.6) is 0 Å². The predicted molar refractivity (Wildman–Crippen MR) is 68.5 cm³/mol. The van der Waals surface area contributed by atoms with E-state index in [4.69, 9.17) is 10.8 Å². The zero-order chi connectivity index (χ0) is 13.5. The van der Waals surface area contributed by atoms with Crippen LogP contribution in [-0.4, -0.2) is 41.8 Å². The molecule has 6 heteroatoms. The first kappa shape index (κ1) is 14.6. The third-order valence-corrected chi connectivity index (χ3v) is 3.11. The van der Waals surface area contributed by atoms with Gasteiger partial charge in [-0.1, -0.05) is 6.92 Å². The number of nitrogens with one attached hydrogen (secondary N) is 1. The van der Waals surface area contributed by atoms with Crippen molar-refractivity contribution in [3.05, 3.63) is 0 Å². The third kappa shape index (κ3) is 4.44. The van der Waals surface area contributed by atoms with Crippen molar-refractivity contribution in [2.75, 3.05) is 6.54 Å². The van der Waals surface area contributed by atoms with Crippen LogP contribution in [0.1, 0.15) is 32.6 Å². The molecule has 0 fully saturated rings. The molecule has 3 atom stereocenters. The fraction of sp³-hybridized carbons (Fsp3) is 0.750. The molecule has 0 unspecified atom stereocenters. The molecular weight excluding hydrogens is 234 g/mol. The van der Waals surface area contributed by atoms with E-state index in [0.717, 1.165) is 12.8 Å². The van der Waals surface area contributed by atoms with Gasteiger partial charge in [-0.2, -0.15) is 0 Å². The largest absolute Gasteiger partial charge is 0.480 e. The van der Waals surface area contributed by atoms with Crippen molar-refractivity contribution >= 4 is 18.1 Å². The number of hydrogen-bond acceptors (Lipinski definition) is 4. The Morgan fingerprint density at radius 2 is 2.28 bits per heavy atom. The van der Waals surface area contributed by atoms with Crippen LogP contribution in [0, 0.1) is 5.92 Å². The lowest BCUT2D eigenvalue weighted by molar-refractivity contribution is -0.138. The van der Waals surface area contributed by atoms with Crippen LogP contribution < -0.4 is 11.1 Å². The third-order valence-electron chi connectivity index (χ3n) is 3.11. The molecule has 1 heterocycles. The molecule has 0 aromatic carbocycles. The van der Waals surface area contributed by atoms with Crippen LogP contribution in [-0.2, 0) is 9.59 Å². The summed E-state index contributed by atoms with van der Waals surface area (Å²) >= 11 is 0. The minimum atomic E-state index is -0.979. The number of carboxylic acids is 1. The molecule has 18 heavy (non-hydrogen) atoms. The van der Waals surface area contributed by atoms with Crippen molar-refractivity contribution in [2.24, 2.45) is 16.6 Å². The number of unbranched alkanes of at least 4 members (excludes halogenated alkanes) is 1. The molecule has 0 aromatic heterocycles. The summed E-state index contributed by atoms with van der Waals surface area (Å²) < 4.78 is 0. The normalized spacial score (nSPS) is 23.9. The molecule has 1 rings (SSSR count). The Morgan fingerprint density at radius 3 is 2.83 bits per heavy atom. The quantitative estimate of drug-likeness (QED) is 0.564. The van der Waals surface area contributed by atoms with Gasteiger partial charge in [0.1, 0.15) is 12.1 Å². The molecule has 1 aliphatic rings. The summed E-state index contributed by atoms with van der Waals surface area (Å²) in [6.07, 6.45) is 4.50. The molecule has 0 aromatic rings. The molecule has 0 saturated carbocycles. The number of amides is 1. The average Bonchev–Trinajstić information content (AvgIpc) is 2.74. The number of carbonyl (C=O) groups is 2. The first-order valence-electron chi connectivity index (χ1n) is 6.30. The van der Waals surface area contributed by atoms with Gasteiger partial charge in [0.15, 0.2) is 0 Å². The summed E-state index contributed by atoms with van der Waals surface area (Å²) in [6, 6.07) is -1.06. The fourth-order valence-corrected chi connectivity index (χ4v) is 1.87. The van der Waals surface area contributed by atoms with E-state index in [9.17, 15) is 9.59 Å². The molecule has 0 saturated heterocycles. The maximum Gasteiger partial charge on any atom is 0.320 e. The van der Waals surface area contributed by atoms with Gasteiger partial charge in [0.05, 0.1) is 0 Å². The van der Waals surface area contributed by atoms with Crippen molar-refractivity contribution < 1.29 is 14.7 Å². The van der Waals surface area contributed by atoms with Crippen molar-refractivity contribution in [1.82, 2.24) is 5.32 Å². The van der Waals surface area contributed by atoms with E-state index in [1.165, 1.54) is 0 Å². The number of aliphatic imine (C=N–C) groups is 1. The second-order valence-electron chi connectivity index (χ2n) is 4.72. The summed E-state index contributed by atoms with van der Waals surface area (Å²) in [6.45, 7) is 2.55. The molecule has 0 radical (unpaired) electrons. The lowest BCUT2D eigenvalue weighted by atomic mass is 10.0. The van der Waals surface area contributed by atoms with Crippen molar-refractivity contribution in [3.63, 3.8) is 0 Å². The Labute approximate surface area is 107 Å². The summed E-state index contributed by atoms with van der Waals surface area (Å²) in [4.78, 5) is 26.3. The van der Waals surface area contributed by atoms with Crippen molar-refractivity contribution in [1.29, 1.82) is 0 Å². The molecule has 0 spiro atoms. The Bertz CT molecular complexity index is 331. The number of hydrogen-bond donors (Lipinski definition) is 3. The lowest BCUT2D eigenvalue weighted by Crippen LogP contribution is -2.36. The van der Waals surface area contributed by atoms with Gasteiger partial charge in [0.25, 0.3) is 0 Å². The van der Waals surface area contributed by atoms with E-state index in [-0.39, 0.29) is 17.9 Å². The first-order chi connectivity index (χ1) is 8.52. The minimum absolute atomic E-state index is 0.0428. The van der Waals surface area contributed by atoms with Crippen LogP contribution in [0.2, 0.25) is 0 Å². The zero-order valence-electron chi connectivity index (χ0n) is 10.6. The second-order valence-corrected chi connectivity index (χ2v) is 4.72. The molecule has 1 amide bonds. The number of nitrogens with zero attached hydrogens (tertiary/aromatic N) is 1. The van der Waals surface area contributed by atoms with Gasteiger partial charge in [0.2, 0.25) is 5.91 Å². The van der Waals surface area contributed by atoms with Crippen LogP contribution in [0.25, 0.3) is 0 Å². The molecule has 6 nitrogen and oxygen atoms in total. The van der Waals surface area contributed by atoms with E-state index < -0.39 is 12.0 Å². The molecule has 4 N–H and O–H groups in total. The predicted octanol–water partition coefficient (Wildman–Crippen LogP) is 0.164. The second kappa shape index (κ2) is 7.10. The van der Waals surface area contributed by atoms with Gasteiger partial charge in [-0.3, -0.25) is 14.6 Å². The Morgan fingerprint density at radius 1 is 1.56 bits per heavy atom. The highest BCUT2D eigenvalue weighted by Crippen LogP contribution is 2.16. The van der Waals surface area contributed by atoms with E-state index in [2.05, 4.69) is 10.3 Å². The van der Waals surface area contributed by atoms with Crippen LogP contribution in [0.15, 0.2) is 4.99 Å². The van der Waals surface area contributed by atoms with Gasteiger partial charge in [-0.25, -0.2) is 0 Å². The Kier molecular flexibility index (Phi) is 5.77. The topological polar surface area (TPSA) is 105 Å². The highest BCUT2D eigenvalue weighted by atomic mass is 16.4. The number of aliphatic carboxylic acids is 1. The SMILES string of the molecule is C[C@H]1CC=N[C@@H]1C(=O)NCCCC[C@H](N)C(=O)O. The van der Waals surface area contributed by atoms with Gasteiger partial charge in [0, 0.05) is 12.8 Å². The molecule has 1 aliphatic heterocycles. The number of carbonyl (C=O) groups excluding carboxylic acids is 1. The molecule has 0 aliphatic carbocycles. The van der Waals surface area contributed by atoms with E-state index in [0.29, 0.717) is 19.4 Å². The van der Waals surface area contributed by atoms with Crippen LogP contribution >= 0.6 is 0 Å². The summed E-state index contributed by atoms with van der Waals surface area (Å²) in [5.41, 5.74) is 5.37. The molecule has 102 valence electrons. The molecule has 0 bridgehead atoms. The van der Waals surface area contributed by atoms with Crippen LogP contribution in [0.3, 0.4) is 0 Å². The summed E-state index contributed by atoms with van der Waals surface area (Å²) in [5.74, 6) is -0.752. The van der Waals surface area contributed by atoms with Gasteiger partial charge < -0.3 is 16.2 Å². The molecular formula is C12H21N3O3. The van der Waals surface area contributed by atoms with E-state index in [1.807, 2.05) is 6.92 Å². The minimum Gasteiger partial charge on any atom is -0.480 e. The Hall–Kier alpha value is -1.43. The van der Waals surface area contributed by atoms with Gasteiger partial charge in [-0.15, -0.1) is 0 Å². The number of nitrogens with two attached hydrogens (primary N) is 1. The maximum absolute atomic E-state index is 11.7. The number of rotatable bonds is 7. The smallest absolute Gasteiger partial charge is 0.320 e. The van der Waals surface area contributed by atoms with Crippen molar-refractivity contribution in [3.8, 4) is 0 Å². The standard InChI is InChI=1S/C12H21N3O3/c1-8-5-7-14-10(8)11(16)15-6-3-2-4-9(13)12(17)18/h7-10H,2-6,13H2,1H3,(H,15,16)(H,17,18)/t8-,9-,10-/m0/s1. The summed E-state index contributed by atoms with van der Waals surface area (Å²) in [5, 5.41) is 11.4. The average molecular weight is 255 g/mol. The Balaban J connectivity index is 2.09. The number of carboxylic acid groups (broad SMARTS) is 1. The van der Waals surface area contributed by atoms with E-state index in [1.54, 1.807) is 6.21 Å². The maximum atomic E-state index is 11.7. The highest BCUT2D eigenvalue weighted by Gasteiger charge is 2.26. The first-order valence-corrected chi connectivity index (χ1v) is 6.30. The lowest BCUT2D eigenvalue weighted by Gasteiger charge is -2.13. The van der Waals surface area contributed by atoms with Gasteiger partial charge >= 0.3 is 5.97 Å². The monoisotopic (exact) mass is 255 g/mol. The van der Waals surface area contributed by atoms with Gasteiger partial charge in [-0.05, 0) is 31.6 Å². The highest BCUT2D eigenvalue weighted by molar-refractivity contribution is 5.85. The fourth-order valence-electron chi connectivity index (χ4n) is 1.87. The van der Waals surface area contributed by atoms with Crippen LogP contribution in [0.4, 0.5) is 0 Å².